The minimum atomic E-state index is -0.439. The van der Waals surface area contributed by atoms with Gasteiger partial charge in [-0.2, -0.15) is 0 Å². The van der Waals surface area contributed by atoms with Crippen LogP contribution < -0.4 is 0 Å². The first-order valence-electron chi connectivity index (χ1n) is 9.15. The molecule has 2 heteroatoms. The molecule has 0 heterocycles. The lowest BCUT2D eigenvalue weighted by Crippen LogP contribution is -2.56. The Morgan fingerprint density at radius 3 is 2.68 bits per heavy atom. The zero-order valence-corrected chi connectivity index (χ0v) is 14.6. The Morgan fingerprint density at radius 1 is 1.05 bits per heavy atom. The molecule has 0 radical (unpaired) electrons. The Labute approximate surface area is 139 Å². The molecule has 0 bridgehead atoms. The normalized spacial score (nSPS) is 54.0. The van der Waals surface area contributed by atoms with Gasteiger partial charge in [-0.05, 0) is 74.0 Å². The van der Waals surface area contributed by atoms with Crippen molar-refractivity contribution < 1.29 is 5.11 Å². The van der Waals surface area contributed by atoms with Crippen molar-refractivity contribution in [2.24, 2.45) is 34.5 Å². The number of hydrogen-bond acceptors (Lipinski definition) is 1. The fraction of sp³-hybridized carbons (Fsp3) is 0.800. The van der Waals surface area contributed by atoms with Crippen LogP contribution in [0.25, 0.3) is 0 Å². The predicted octanol–water partition coefficient (Wildman–Crippen LogP) is 5.29. The van der Waals surface area contributed by atoms with Crippen LogP contribution in [0.15, 0.2) is 23.3 Å². The van der Waals surface area contributed by atoms with Crippen LogP contribution in [-0.2, 0) is 0 Å². The number of halogens is 1. The number of aliphatic hydroxyl groups excluding tert-OH is 1. The summed E-state index contributed by atoms with van der Waals surface area (Å²) in [6.45, 7) is 4.85. The molecule has 4 aliphatic carbocycles. The van der Waals surface area contributed by atoms with E-state index in [1.165, 1.54) is 32.1 Å². The molecule has 4 aliphatic rings. The monoisotopic (exact) mass is 320 g/mol. The molecule has 0 spiro atoms. The SMILES string of the molecule is C[C@]12CC=CC[C@@H]1CC[C@@H]1[C@@H]2CC[C@]2(C)C(O)C(Cl)=CC[C@@H]12. The van der Waals surface area contributed by atoms with E-state index in [0.29, 0.717) is 16.4 Å². The van der Waals surface area contributed by atoms with Gasteiger partial charge in [0.05, 0.1) is 6.10 Å². The van der Waals surface area contributed by atoms with Gasteiger partial charge in [-0.3, -0.25) is 0 Å². The summed E-state index contributed by atoms with van der Waals surface area (Å²) in [5, 5.41) is 11.4. The summed E-state index contributed by atoms with van der Waals surface area (Å²) in [5.41, 5.74) is 0.496. The summed E-state index contributed by atoms with van der Waals surface area (Å²) in [6.07, 6.45) is 15.3. The molecule has 4 rings (SSSR count). The van der Waals surface area contributed by atoms with Crippen molar-refractivity contribution in [3.63, 3.8) is 0 Å². The number of fused-ring (bicyclic) bond motifs is 5. The average Bonchev–Trinajstić information content (AvgIpc) is 2.51. The third kappa shape index (κ3) is 1.94. The molecule has 1 N–H and O–H groups in total. The smallest absolute Gasteiger partial charge is 0.0948 e. The van der Waals surface area contributed by atoms with Crippen LogP contribution in [-0.4, -0.2) is 11.2 Å². The molecular formula is C20H29ClO. The average molecular weight is 321 g/mol. The molecule has 122 valence electrons. The van der Waals surface area contributed by atoms with E-state index in [9.17, 15) is 5.11 Å². The van der Waals surface area contributed by atoms with E-state index in [1.54, 1.807) is 0 Å². The Morgan fingerprint density at radius 2 is 1.86 bits per heavy atom. The molecule has 1 nitrogen and oxygen atoms in total. The number of rotatable bonds is 0. The largest absolute Gasteiger partial charge is 0.387 e. The van der Waals surface area contributed by atoms with Crippen molar-refractivity contribution in [3.8, 4) is 0 Å². The Bertz CT molecular complexity index is 524. The standard InChI is InChI=1S/C20H29ClO/c1-19-11-4-3-5-13(19)6-7-14-15-8-9-17(21)18(22)20(15,2)12-10-16(14)19/h3-4,9,13-16,18,22H,5-8,10-12H2,1-2H3/t13-,14+,15+,16+,18?,19+,20+/m1/s1. The fourth-order valence-electron chi connectivity index (χ4n) is 6.64. The Balaban J connectivity index is 1.68. The van der Waals surface area contributed by atoms with Crippen LogP contribution in [0.1, 0.15) is 58.8 Å². The number of hydrogen-bond donors (Lipinski definition) is 1. The van der Waals surface area contributed by atoms with Crippen LogP contribution in [0.4, 0.5) is 0 Å². The van der Waals surface area contributed by atoms with E-state index in [2.05, 4.69) is 32.1 Å². The quantitative estimate of drug-likeness (QED) is 0.601. The van der Waals surface area contributed by atoms with Crippen molar-refractivity contribution in [2.45, 2.75) is 64.9 Å². The van der Waals surface area contributed by atoms with Gasteiger partial charge in [0.15, 0.2) is 0 Å². The zero-order valence-electron chi connectivity index (χ0n) is 13.9. The molecule has 7 atom stereocenters. The van der Waals surface area contributed by atoms with Gasteiger partial charge in [0.1, 0.15) is 0 Å². The lowest BCUT2D eigenvalue weighted by molar-refractivity contribution is -0.128. The minimum Gasteiger partial charge on any atom is -0.387 e. The van der Waals surface area contributed by atoms with Gasteiger partial charge in [0.2, 0.25) is 0 Å². The molecule has 0 saturated heterocycles. The zero-order chi connectivity index (χ0) is 15.5. The molecule has 0 aliphatic heterocycles. The summed E-state index contributed by atoms with van der Waals surface area (Å²) in [6, 6.07) is 0. The van der Waals surface area contributed by atoms with Gasteiger partial charge >= 0.3 is 0 Å². The number of aliphatic hydroxyl groups is 1. The van der Waals surface area contributed by atoms with Crippen LogP contribution >= 0.6 is 11.6 Å². The van der Waals surface area contributed by atoms with Crippen molar-refractivity contribution in [3.05, 3.63) is 23.3 Å². The van der Waals surface area contributed by atoms with E-state index in [-0.39, 0.29) is 5.41 Å². The molecule has 0 aromatic carbocycles. The second-order valence-electron chi connectivity index (χ2n) is 8.84. The van der Waals surface area contributed by atoms with Gasteiger partial charge in [-0.15, -0.1) is 0 Å². The van der Waals surface area contributed by atoms with Gasteiger partial charge in [0, 0.05) is 10.4 Å². The van der Waals surface area contributed by atoms with E-state index in [0.717, 1.165) is 30.6 Å². The van der Waals surface area contributed by atoms with E-state index < -0.39 is 6.10 Å². The van der Waals surface area contributed by atoms with Crippen molar-refractivity contribution in [2.75, 3.05) is 0 Å². The highest BCUT2D eigenvalue weighted by Crippen LogP contribution is 2.64. The van der Waals surface area contributed by atoms with E-state index in [4.69, 9.17) is 11.6 Å². The molecule has 0 amide bonds. The van der Waals surface area contributed by atoms with Crippen LogP contribution in [0.5, 0.6) is 0 Å². The highest BCUT2D eigenvalue weighted by atomic mass is 35.5. The molecular weight excluding hydrogens is 292 g/mol. The summed E-state index contributed by atoms with van der Waals surface area (Å²) < 4.78 is 0. The van der Waals surface area contributed by atoms with Crippen LogP contribution in [0, 0.1) is 34.5 Å². The molecule has 1 unspecified atom stereocenters. The maximum atomic E-state index is 10.7. The first-order valence-corrected chi connectivity index (χ1v) is 9.53. The summed E-state index contributed by atoms with van der Waals surface area (Å²) in [7, 11) is 0. The van der Waals surface area contributed by atoms with Gasteiger partial charge in [-0.25, -0.2) is 0 Å². The molecule has 0 aromatic heterocycles. The van der Waals surface area contributed by atoms with Crippen LogP contribution in [0.2, 0.25) is 0 Å². The second kappa shape index (κ2) is 5.11. The molecule has 2 saturated carbocycles. The Hall–Kier alpha value is -0.270. The summed E-state index contributed by atoms with van der Waals surface area (Å²) in [4.78, 5) is 0. The highest BCUT2D eigenvalue weighted by Gasteiger charge is 2.58. The van der Waals surface area contributed by atoms with Crippen LogP contribution in [0.3, 0.4) is 0 Å². The molecule has 2 fully saturated rings. The first-order chi connectivity index (χ1) is 10.5. The topological polar surface area (TPSA) is 20.2 Å². The third-order valence-electron chi connectivity index (χ3n) is 8.10. The summed E-state index contributed by atoms with van der Waals surface area (Å²) >= 11 is 6.29. The van der Waals surface area contributed by atoms with Gasteiger partial charge in [0.25, 0.3) is 0 Å². The fourth-order valence-corrected chi connectivity index (χ4v) is 6.97. The molecule has 0 aromatic rings. The lowest BCUT2D eigenvalue weighted by atomic mass is 9.44. The van der Waals surface area contributed by atoms with Crippen molar-refractivity contribution >= 4 is 11.6 Å². The maximum absolute atomic E-state index is 10.7. The first kappa shape index (κ1) is 15.3. The highest BCUT2D eigenvalue weighted by molar-refractivity contribution is 6.30. The van der Waals surface area contributed by atoms with E-state index in [1.807, 2.05) is 0 Å². The van der Waals surface area contributed by atoms with E-state index >= 15 is 0 Å². The minimum absolute atomic E-state index is 0.000697. The number of allylic oxidation sites excluding steroid dienone is 3. The lowest BCUT2D eigenvalue weighted by Gasteiger charge is -2.61. The van der Waals surface area contributed by atoms with Gasteiger partial charge in [-0.1, -0.05) is 43.7 Å². The molecule has 22 heavy (non-hydrogen) atoms. The Kier molecular flexibility index (Phi) is 3.55. The maximum Gasteiger partial charge on any atom is 0.0948 e. The second-order valence-corrected chi connectivity index (χ2v) is 9.28. The van der Waals surface area contributed by atoms with Crippen molar-refractivity contribution in [1.82, 2.24) is 0 Å². The third-order valence-corrected chi connectivity index (χ3v) is 8.46. The van der Waals surface area contributed by atoms with Gasteiger partial charge < -0.3 is 5.11 Å². The summed E-state index contributed by atoms with van der Waals surface area (Å²) in [5.74, 6) is 3.12. The predicted molar refractivity (Wildman–Crippen MR) is 91.6 cm³/mol. The van der Waals surface area contributed by atoms with Crippen molar-refractivity contribution in [1.29, 1.82) is 0 Å².